The van der Waals surface area contributed by atoms with Crippen LogP contribution in [0.25, 0.3) is 0 Å². The first kappa shape index (κ1) is 10.9. The molecular formula is C9H22N2. The van der Waals surface area contributed by atoms with Crippen LogP contribution in [0.5, 0.6) is 0 Å². The number of nitrogens with one attached hydrogen (secondary N) is 1. The number of hydrogen-bond acceptors (Lipinski definition) is 2. The van der Waals surface area contributed by atoms with Crippen molar-refractivity contribution in [2.75, 3.05) is 27.2 Å². The molecule has 1 unspecified atom stereocenters. The molecule has 0 amide bonds. The third kappa shape index (κ3) is 3.21. The molecule has 0 aromatic rings. The number of likely N-dealkylation sites (N-methyl/N-ethyl adjacent to an activating group) is 2. The van der Waals surface area contributed by atoms with E-state index in [-0.39, 0.29) is 0 Å². The lowest BCUT2D eigenvalue weighted by Crippen LogP contribution is -2.41. The quantitative estimate of drug-likeness (QED) is 0.619. The maximum atomic E-state index is 3.33. The minimum atomic E-state index is 0.384. The molecule has 0 bridgehead atoms. The molecule has 0 aromatic heterocycles. The number of rotatable bonds is 1. The summed E-state index contributed by atoms with van der Waals surface area (Å²) in [5.41, 5.74) is 0.384. The lowest BCUT2D eigenvalue weighted by Gasteiger charge is -2.22. The molecule has 1 rings (SSSR count). The van der Waals surface area contributed by atoms with Gasteiger partial charge in [-0.1, -0.05) is 13.8 Å². The van der Waals surface area contributed by atoms with Crippen molar-refractivity contribution >= 4 is 0 Å². The topological polar surface area (TPSA) is 15.3 Å². The Morgan fingerprint density at radius 3 is 2.09 bits per heavy atom. The monoisotopic (exact) mass is 158 g/mol. The predicted octanol–water partition coefficient (Wildman–Crippen LogP) is 1.33. The molecule has 1 fully saturated rings. The van der Waals surface area contributed by atoms with Crippen LogP contribution in [0.1, 0.15) is 27.2 Å². The van der Waals surface area contributed by atoms with Gasteiger partial charge in [0.2, 0.25) is 0 Å². The maximum absolute atomic E-state index is 3.33. The number of hydrogen-bond donors (Lipinski definition) is 1. The molecule has 1 saturated heterocycles. The smallest absolute Gasteiger partial charge is 0.0289 e. The van der Waals surface area contributed by atoms with E-state index in [0.717, 1.165) is 0 Å². The van der Waals surface area contributed by atoms with E-state index in [2.05, 4.69) is 24.2 Å². The summed E-state index contributed by atoms with van der Waals surface area (Å²) in [6.07, 6.45) is 1.28. The molecule has 0 aliphatic carbocycles. The van der Waals surface area contributed by atoms with Gasteiger partial charge in [-0.2, -0.15) is 0 Å². The maximum Gasteiger partial charge on any atom is 0.0289 e. The number of nitrogens with zero attached hydrogens (tertiary/aromatic N) is 1. The van der Waals surface area contributed by atoms with Gasteiger partial charge in [-0.05, 0) is 34.0 Å². The van der Waals surface area contributed by atoms with Crippen LogP contribution in [-0.2, 0) is 0 Å². The van der Waals surface area contributed by atoms with Crippen molar-refractivity contribution in [3.63, 3.8) is 0 Å². The molecule has 0 radical (unpaired) electrons. The Hall–Kier alpha value is -0.0800. The normalized spacial score (nSPS) is 31.4. The second-order valence-corrected chi connectivity index (χ2v) is 3.30. The van der Waals surface area contributed by atoms with Crippen LogP contribution in [0.4, 0.5) is 0 Å². The second-order valence-electron chi connectivity index (χ2n) is 3.30. The molecule has 0 saturated carbocycles. The first-order valence-electron chi connectivity index (χ1n) is 4.54. The van der Waals surface area contributed by atoms with Crippen molar-refractivity contribution in [3.05, 3.63) is 0 Å². The van der Waals surface area contributed by atoms with Crippen molar-refractivity contribution in [1.29, 1.82) is 0 Å². The van der Waals surface area contributed by atoms with Crippen LogP contribution in [0.15, 0.2) is 0 Å². The molecule has 11 heavy (non-hydrogen) atoms. The molecule has 1 aliphatic heterocycles. The van der Waals surface area contributed by atoms with Crippen LogP contribution in [-0.4, -0.2) is 37.6 Å². The largest absolute Gasteiger partial charge is 0.313 e. The second kappa shape index (κ2) is 4.73. The van der Waals surface area contributed by atoms with E-state index in [4.69, 9.17) is 0 Å². The summed E-state index contributed by atoms with van der Waals surface area (Å²) in [6.45, 7) is 8.69. The van der Waals surface area contributed by atoms with E-state index in [0.29, 0.717) is 5.54 Å². The van der Waals surface area contributed by atoms with Crippen LogP contribution >= 0.6 is 0 Å². The van der Waals surface area contributed by atoms with E-state index in [1.165, 1.54) is 19.5 Å². The van der Waals surface area contributed by atoms with E-state index < -0.39 is 0 Å². The predicted molar refractivity (Wildman–Crippen MR) is 50.9 cm³/mol. The SMILES string of the molecule is CC.CNC1(C)CCN(C)C1. The summed E-state index contributed by atoms with van der Waals surface area (Å²) >= 11 is 0. The molecule has 1 N–H and O–H groups in total. The molecule has 2 heteroatoms. The van der Waals surface area contributed by atoms with Gasteiger partial charge in [0.05, 0.1) is 0 Å². The third-order valence-corrected chi connectivity index (χ3v) is 2.27. The Labute approximate surface area is 71.0 Å². The Morgan fingerprint density at radius 1 is 1.36 bits per heavy atom. The average molecular weight is 158 g/mol. The first-order chi connectivity index (χ1) is 5.16. The van der Waals surface area contributed by atoms with Gasteiger partial charge in [0.1, 0.15) is 0 Å². The third-order valence-electron chi connectivity index (χ3n) is 2.27. The molecule has 0 aromatic carbocycles. The average Bonchev–Trinajstić information content (AvgIpc) is 2.37. The fraction of sp³-hybridized carbons (Fsp3) is 1.00. The lowest BCUT2D eigenvalue weighted by atomic mass is 10.0. The number of likely N-dealkylation sites (tertiary alicyclic amines) is 1. The van der Waals surface area contributed by atoms with Gasteiger partial charge in [0.25, 0.3) is 0 Å². The molecule has 1 aliphatic rings. The van der Waals surface area contributed by atoms with Crippen LogP contribution in [0.3, 0.4) is 0 Å². The zero-order valence-corrected chi connectivity index (χ0v) is 8.57. The Bertz CT molecular complexity index is 104. The van der Waals surface area contributed by atoms with Gasteiger partial charge in [0, 0.05) is 12.1 Å². The minimum absolute atomic E-state index is 0.384. The summed E-state index contributed by atoms with van der Waals surface area (Å²) in [5, 5.41) is 3.33. The van der Waals surface area contributed by atoms with Gasteiger partial charge in [-0.15, -0.1) is 0 Å². The lowest BCUT2D eigenvalue weighted by molar-refractivity contribution is 0.350. The molecule has 0 spiro atoms. The van der Waals surface area contributed by atoms with Gasteiger partial charge >= 0.3 is 0 Å². The molecule has 1 atom stereocenters. The fourth-order valence-electron chi connectivity index (χ4n) is 1.40. The highest BCUT2D eigenvalue weighted by Crippen LogP contribution is 2.17. The van der Waals surface area contributed by atoms with Crippen molar-refractivity contribution in [2.24, 2.45) is 0 Å². The Balaban J connectivity index is 0.000000461. The first-order valence-corrected chi connectivity index (χ1v) is 4.54. The summed E-state index contributed by atoms with van der Waals surface area (Å²) < 4.78 is 0. The zero-order chi connectivity index (χ0) is 8.91. The molecule has 2 nitrogen and oxygen atoms in total. The van der Waals surface area contributed by atoms with E-state index in [1.54, 1.807) is 0 Å². The van der Waals surface area contributed by atoms with Crippen LogP contribution in [0, 0.1) is 0 Å². The highest BCUT2D eigenvalue weighted by atomic mass is 15.2. The van der Waals surface area contributed by atoms with Crippen molar-refractivity contribution < 1.29 is 0 Å². The Morgan fingerprint density at radius 2 is 1.91 bits per heavy atom. The van der Waals surface area contributed by atoms with Crippen LogP contribution < -0.4 is 5.32 Å². The molecule has 68 valence electrons. The molecular weight excluding hydrogens is 136 g/mol. The van der Waals surface area contributed by atoms with Gasteiger partial charge in [0.15, 0.2) is 0 Å². The summed E-state index contributed by atoms with van der Waals surface area (Å²) in [4.78, 5) is 2.36. The van der Waals surface area contributed by atoms with Gasteiger partial charge in [-0.3, -0.25) is 0 Å². The Kier molecular flexibility index (Phi) is 4.69. The minimum Gasteiger partial charge on any atom is -0.313 e. The van der Waals surface area contributed by atoms with Gasteiger partial charge < -0.3 is 10.2 Å². The summed E-state index contributed by atoms with van der Waals surface area (Å²) in [7, 11) is 4.21. The fourth-order valence-corrected chi connectivity index (χ4v) is 1.40. The van der Waals surface area contributed by atoms with E-state index >= 15 is 0 Å². The highest BCUT2D eigenvalue weighted by Gasteiger charge is 2.29. The summed E-state index contributed by atoms with van der Waals surface area (Å²) in [6, 6.07) is 0. The van der Waals surface area contributed by atoms with Crippen molar-refractivity contribution in [3.8, 4) is 0 Å². The van der Waals surface area contributed by atoms with E-state index in [1.807, 2.05) is 20.9 Å². The molecule has 1 heterocycles. The van der Waals surface area contributed by atoms with Crippen LogP contribution in [0.2, 0.25) is 0 Å². The zero-order valence-electron chi connectivity index (χ0n) is 8.57. The van der Waals surface area contributed by atoms with E-state index in [9.17, 15) is 0 Å². The summed E-state index contributed by atoms with van der Waals surface area (Å²) in [5.74, 6) is 0. The van der Waals surface area contributed by atoms with Crippen molar-refractivity contribution in [2.45, 2.75) is 32.7 Å². The van der Waals surface area contributed by atoms with Crippen molar-refractivity contribution in [1.82, 2.24) is 10.2 Å². The van der Waals surface area contributed by atoms with Gasteiger partial charge in [-0.25, -0.2) is 0 Å². The highest BCUT2D eigenvalue weighted by molar-refractivity contribution is 4.90. The standard InChI is InChI=1S/C7H16N2.C2H6/c1-7(8-2)4-5-9(3)6-7;1-2/h8H,4-6H2,1-3H3;1-2H3.